The highest BCUT2D eigenvalue weighted by Crippen LogP contribution is 2.36. The predicted octanol–water partition coefficient (Wildman–Crippen LogP) is 1.63. The molecule has 2 fully saturated rings. The molecule has 1 N–H and O–H groups in total. The SMILES string of the molecule is COc1ccc(Cl)cc1N1CC(C(=O)N2CCC(C(=O)O)C2)CC1=O. The number of ether oxygens (including phenoxy) is 1. The molecule has 0 aliphatic carbocycles. The van der Waals surface area contributed by atoms with E-state index in [1.807, 2.05) is 0 Å². The summed E-state index contributed by atoms with van der Waals surface area (Å²) in [7, 11) is 1.51. The zero-order valence-electron chi connectivity index (χ0n) is 13.8. The summed E-state index contributed by atoms with van der Waals surface area (Å²) in [5.74, 6) is -1.72. The molecule has 25 heavy (non-hydrogen) atoms. The van der Waals surface area contributed by atoms with E-state index >= 15 is 0 Å². The number of carboxylic acids is 1. The van der Waals surface area contributed by atoms with Crippen LogP contribution in [0.3, 0.4) is 0 Å². The number of likely N-dealkylation sites (tertiary alicyclic amines) is 1. The van der Waals surface area contributed by atoms with Gasteiger partial charge >= 0.3 is 5.97 Å². The van der Waals surface area contributed by atoms with Gasteiger partial charge in [-0.1, -0.05) is 11.6 Å². The average Bonchev–Trinajstić information content (AvgIpc) is 3.21. The Labute approximate surface area is 150 Å². The Morgan fingerprint density at radius 3 is 2.68 bits per heavy atom. The Kier molecular flexibility index (Phi) is 4.85. The van der Waals surface area contributed by atoms with E-state index in [1.54, 1.807) is 23.1 Å². The second kappa shape index (κ2) is 6.92. The van der Waals surface area contributed by atoms with Crippen LogP contribution in [-0.2, 0) is 14.4 Å². The summed E-state index contributed by atoms with van der Waals surface area (Å²) in [6, 6.07) is 4.99. The molecule has 2 saturated heterocycles. The quantitative estimate of drug-likeness (QED) is 0.875. The Bertz CT molecular complexity index is 723. The van der Waals surface area contributed by atoms with Crippen molar-refractivity contribution in [2.75, 3.05) is 31.6 Å². The summed E-state index contributed by atoms with van der Waals surface area (Å²) in [6.45, 7) is 0.864. The summed E-state index contributed by atoms with van der Waals surface area (Å²) < 4.78 is 5.28. The second-order valence-electron chi connectivity index (χ2n) is 6.33. The highest BCUT2D eigenvalue weighted by molar-refractivity contribution is 6.31. The number of carbonyl (C=O) groups is 3. The lowest BCUT2D eigenvalue weighted by Crippen LogP contribution is -2.36. The molecule has 1 aromatic carbocycles. The lowest BCUT2D eigenvalue weighted by Gasteiger charge is -2.22. The van der Waals surface area contributed by atoms with Crippen molar-refractivity contribution in [3.05, 3.63) is 23.2 Å². The van der Waals surface area contributed by atoms with E-state index in [9.17, 15) is 14.4 Å². The maximum Gasteiger partial charge on any atom is 0.308 e. The van der Waals surface area contributed by atoms with Gasteiger partial charge in [0.25, 0.3) is 0 Å². The van der Waals surface area contributed by atoms with Gasteiger partial charge in [-0.2, -0.15) is 0 Å². The van der Waals surface area contributed by atoms with Crippen LogP contribution >= 0.6 is 11.6 Å². The zero-order chi connectivity index (χ0) is 18.1. The van der Waals surface area contributed by atoms with Gasteiger partial charge in [0.15, 0.2) is 0 Å². The molecule has 0 aromatic heterocycles. The van der Waals surface area contributed by atoms with Gasteiger partial charge < -0.3 is 19.6 Å². The third-order valence-electron chi connectivity index (χ3n) is 4.76. The van der Waals surface area contributed by atoms with Crippen molar-refractivity contribution in [2.24, 2.45) is 11.8 Å². The van der Waals surface area contributed by atoms with Gasteiger partial charge in [0.05, 0.1) is 24.6 Å². The van der Waals surface area contributed by atoms with Crippen molar-refractivity contribution < 1.29 is 24.2 Å². The van der Waals surface area contributed by atoms with Crippen LogP contribution < -0.4 is 9.64 Å². The number of nitrogens with zero attached hydrogens (tertiary/aromatic N) is 2. The van der Waals surface area contributed by atoms with Crippen LogP contribution in [0.4, 0.5) is 5.69 Å². The minimum Gasteiger partial charge on any atom is -0.495 e. The number of carboxylic acid groups (broad SMARTS) is 1. The van der Waals surface area contributed by atoms with E-state index < -0.39 is 17.8 Å². The molecule has 1 aromatic rings. The Hall–Kier alpha value is -2.28. The molecular weight excluding hydrogens is 348 g/mol. The van der Waals surface area contributed by atoms with Gasteiger partial charge in [0, 0.05) is 31.1 Å². The van der Waals surface area contributed by atoms with E-state index in [2.05, 4.69) is 0 Å². The number of hydrogen-bond acceptors (Lipinski definition) is 4. The Balaban J connectivity index is 1.74. The lowest BCUT2D eigenvalue weighted by atomic mass is 10.1. The van der Waals surface area contributed by atoms with Crippen LogP contribution in [-0.4, -0.2) is 54.5 Å². The number of rotatable bonds is 4. The molecule has 2 aliphatic heterocycles. The standard InChI is InChI=1S/C17H19ClN2O5/c1-25-14-3-2-12(18)7-13(14)20-9-11(6-15(20)21)16(22)19-5-4-10(8-19)17(23)24/h2-3,7,10-11H,4-6,8-9H2,1H3,(H,23,24). The number of carbonyl (C=O) groups excluding carboxylic acids is 2. The first-order valence-corrected chi connectivity index (χ1v) is 8.44. The van der Waals surface area contributed by atoms with Gasteiger partial charge in [-0.3, -0.25) is 14.4 Å². The zero-order valence-corrected chi connectivity index (χ0v) is 14.5. The van der Waals surface area contributed by atoms with E-state index in [4.69, 9.17) is 21.4 Å². The Morgan fingerprint density at radius 1 is 1.28 bits per heavy atom. The summed E-state index contributed by atoms with van der Waals surface area (Å²) in [4.78, 5) is 39.2. The van der Waals surface area contributed by atoms with Crippen LogP contribution in [0.15, 0.2) is 18.2 Å². The van der Waals surface area contributed by atoms with Crippen molar-refractivity contribution in [3.8, 4) is 5.75 Å². The number of amides is 2. The number of benzene rings is 1. The predicted molar refractivity (Wildman–Crippen MR) is 90.8 cm³/mol. The molecule has 0 bridgehead atoms. The van der Waals surface area contributed by atoms with Crippen molar-refractivity contribution in [2.45, 2.75) is 12.8 Å². The number of hydrogen-bond donors (Lipinski definition) is 1. The Morgan fingerprint density at radius 2 is 2.04 bits per heavy atom. The minimum absolute atomic E-state index is 0.0999. The van der Waals surface area contributed by atoms with E-state index in [0.29, 0.717) is 29.4 Å². The molecule has 7 nitrogen and oxygen atoms in total. The van der Waals surface area contributed by atoms with Crippen LogP contribution in [0, 0.1) is 11.8 Å². The monoisotopic (exact) mass is 366 g/mol. The fourth-order valence-electron chi connectivity index (χ4n) is 3.40. The van der Waals surface area contributed by atoms with Crippen molar-refractivity contribution in [1.29, 1.82) is 0 Å². The highest BCUT2D eigenvalue weighted by atomic mass is 35.5. The van der Waals surface area contributed by atoms with Crippen molar-refractivity contribution >= 4 is 35.1 Å². The number of methoxy groups -OCH3 is 1. The summed E-state index contributed by atoms with van der Waals surface area (Å²) >= 11 is 6.02. The van der Waals surface area contributed by atoms with Gasteiger partial charge in [0.1, 0.15) is 5.75 Å². The molecule has 2 atom stereocenters. The summed E-state index contributed by atoms with van der Waals surface area (Å²) in [6.07, 6.45) is 0.552. The maximum absolute atomic E-state index is 12.7. The first kappa shape index (κ1) is 17.5. The second-order valence-corrected chi connectivity index (χ2v) is 6.77. The summed E-state index contributed by atoms with van der Waals surface area (Å²) in [5, 5.41) is 9.54. The lowest BCUT2D eigenvalue weighted by molar-refractivity contribution is -0.141. The number of anilines is 1. The van der Waals surface area contributed by atoms with Crippen LogP contribution in [0.5, 0.6) is 5.75 Å². The van der Waals surface area contributed by atoms with E-state index in [1.165, 1.54) is 12.0 Å². The molecule has 2 heterocycles. The molecule has 3 rings (SSSR count). The minimum atomic E-state index is -0.886. The van der Waals surface area contributed by atoms with Gasteiger partial charge in [0.2, 0.25) is 11.8 Å². The number of aliphatic carboxylic acids is 1. The third-order valence-corrected chi connectivity index (χ3v) is 4.99. The molecule has 2 aliphatic rings. The average molecular weight is 367 g/mol. The van der Waals surface area contributed by atoms with Crippen molar-refractivity contribution in [1.82, 2.24) is 4.90 Å². The normalized spacial score (nSPS) is 23.2. The highest BCUT2D eigenvalue weighted by Gasteiger charge is 2.40. The molecular formula is C17H19ClN2O5. The smallest absolute Gasteiger partial charge is 0.308 e. The first-order chi connectivity index (χ1) is 11.9. The molecule has 0 saturated carbocycles. The number of halogens is 1. The molecule has 134 valence electrons. The van der Waals surface area contributed by atoms with Crippen LogP contribution in [0.2, 0.25) is 5.02 Å². The van der Waals surface area contributed by atoms with Crippen LogP contribution in [0.25, 0.3) is 0 Å². The van der Waals surface area contributed by atoms with Crippen molar-refractivity contribution in [3.63, 3.8) is 0 Å². The molecule has 2 amide bonds. The third kappa shape index (κ3) is 3.42. The van der Waals surface area contributed by atoms with Gasteiger partial charge in [-0.25, -0.2) is 0 Å². The van der Waals surface area contributed by atoms with E-state index in [0.717, 1.165) is 0 Å². The molecule has 0 spiro atoms. The topological polar surface area (TPSA) is 87.2 Å². The van der Waals surface area contributed by atoms with Gasteiger partial charge in [-0.15, -0.1) is 0 Å². The fraction of sp³-hybridized carbons (Fsp3) is 0.471. The van der Waals surface area contributed by atoms with E-state index in [-0.39, 0.29) is 31.3 Å². The fourth-order valence-corrected chi connectivity index (χ4v) is 3.57. The maximum atomic E-state index is 12.7. The molecule has 0 radical (unpaired) electrons. The summed E-state index contributed by atoms with van der Waals surface area (Å²) in [5.41, 5.74) is 0.542. The largest absolute Gasteiger partial charge is 0.495 e. The molecule has 2 unspecified atom stereocenters. The van der Waals surface area contributed by atoms with Crippen LogP contribution in [0.1, 0.15) is 12.8 Å². The van der Waals surface area contributed by atoms with Gasteiger partial charge in [-0.05, 0) is 24.6 Å². The first-order valence-electron chi connectivity index (χ1n) is 8.06. The molecule has 8 heteroatoms.